The number of carbonyl (C=O) groups is 1. The Morgan fingerprint density at radius 2 is 1.73 bits per heavy atom. The number of rotatable bonds is 7. The molecule has 6 heteroatoms. The molecule has 0 heterocycles. The summed E-state index contributed by atoms with van der Waals surface area (Å²) in [6.07, 6.45) is 3.85. The van der Waals surface area contributed by atoms with Gasteiger partial charge >= 0.3 is 6.03 Å². The van der Waals surface area contributed by atoms with Crippen molar-refractivity contribution in [2.75, 3.05) is 12.3 Å². The van der Waals surface area contributed by atoms with Gasteiger partial charge in [0.25, 0.3) is 0 Å². The molecular formula is C20H24N2O3S. The van der Waals surface area contributed by atoms with Gasteiger partial charge in [0.05, 0.1) is 10.6 Å². The van der Waals surface area contributed by atoms with Crippen LogP contribution in [0.5, 0.6) is 0 Å². The zero-order chi connectivity index (χ0) is 18.4. The first-order chi connectivity index (χ1) is 12.5. The molecule has 0 aromatic heterocycles. The molecule has 0 atom stereocenters. The minimum absolute atomic E-state index is 0.0160. The van der Waals surface area contributed by atoms with Gasteiger partial charge in [-0.15, -0.1) is 0 Å². The minimum Gasteiger partial charge on any atom is -0.338 e. The van der Waals surface area contributed by atoms with Gasteiger partial charge in [0.2, 0.25) is 0 Å². The second-order valence-electron chi connectivity index (χ2n) is 6.55. The molecule has 0 unspecified atom stereocenters. The van der Waals surface area contributed by atoms with E-state index >= 15 is 0 Å². The molecule has 0 bridgehead atoms. The second kappa shape index (κ2) is 8.36. The first kappa shape index (κ1) is 18.5. The molecule has 1 aliphatic carbocycles. The Bertz CT molecular complexity index is 864. The predicted molar refractivity (Wildman–Crippen MR) is 102 cm³/mol. The maximum Gasteiger partial charge on any atom is 0.315 e. The SMILES string of the molecule is O=C(NCCCS(=O)(=O)c1ccccc1)NCc1ccc2c(c1)CCC2. The summed E-state index contributed by atoms with van der Waals surface area (Å²) in [5.41, 5.74) is 3.89. The lowest BCUT2D eigenvalue weighted by molar-refractivity contribution is 0.240. The molecule has 0 saturated heterocycles. The summed E-state index contributed by atoms with van der Waals surface area (Å²) in [7, 11) is -3.29. The van der Waals surface area contributed by atoms with Crippen LogP contribution in [0.4, 0.5) is 4.79 Å². The van der Waals surface area contributed by atoms with Crippen molar-refractivity contribution in [3.05, 3.63) is 65.2 Å². The second-order valence-corrected chi connectivity index (χ2v) is 8.66. The summed E-state index contributed by atoms with van der Waals surface area (Å²) >= 11 is 0. The van der Waals surface area contributed by atoms with Crippen LogP contribution < -0.4 is 10.6 Å². The molecule has 138 valence electrons. The zero-order valence-electron chi connectivity index (χ0n) is 14.7. The number of hydrogen-bond acceptors (Lipinski definition) is 3. The lowest BCUT2D eigenvalue weighted by Crippen LogP contribution is -2.36. The molecule has 26 heavy (non-hydrogen) atoms. The van der Waals surface area contributed by atoms with Crippen LogP contribution in [0.3, 0.4) is 0 Å². The zero-order valence-corrected chi connectivity index (χ0v) is 15.5. The average molecular weight is 372 g/mol. The highest BCUT2D eigenvalue weighted by Crippen LogP contribution is 2.22. The Kier molecular flexibility index (Phi) is 5.93. The minimum atomic E-state index is -3.29. The number of aryl methyl sites for hydroxylation is 2. The van der Waals surface area contributed by atoms with Crippen molar-refractivity contribution in [2.45, 2.75) is 37.1 Å². The largest absolute Gasteiger partial charge is 0.338 e. The van der Waals surface area contributed by atoms with E-state index in [-0.39, 0.29) is 11.8 Å². The van der Waals surface area contributed by atoms with Crippen LogP contribution in [0.1, 0.15) is 29.5 Å². The topological polar surface area (TPSA) is 75.3 Å². The summed E-state index contributed by atoms with van der Waals surface area (Å²) in [5.74, 6) is 0.0160. The van der Waals surface area contributed by atoms with E-state index in [4.69, 9.17) is 0 Å². The molecule has 3 rings (SSSR count). The lowest BCUT2D eigenvalue weighted by Gasteiger charge is -2.09. The third-order valence-electron chi connectivity index (χ3n) is 4.59. The van der Waals surface area contributed by atoms with Crippen molar-refractivity contribution in [3.8, 4) is 0 Å². The molecule has 0 fully saturated rings. The van der Waals surface area contributed by atoms with Gasteiger partial charge in [0.15, 0.2) is 9.84 Å². The van der Waals surface area contributed by atoms with E-state index in [0.29, 0.717) is 24.4 Å². The van der Waals surface area contributed by atoms with Crippen molar-refractivity contribution in [1.29, 1.82) is 0 Å². The number of benzene rings is 2. The third-order valence-corrected chi connectivity index (χ3v) is 6.41. The van der Waals surface area contributed by atoms with Crippen LogP contribution >= 0.6 is 0 Å². The Hall–Kier alpha value is -2.34. The van der Waals surface area contributed by atoms with E-state index in [1.165, 1.54) is 17.5 Å². The van der Waals surface area contributed by atoms with Gasteiger partial charge in [-0.1, -0.05) is 36.4 Å². The van der Waals surface area contributed by atoms with Gasteiger partial charge < -0.3 is 10.6 Å². The molecule has 0 aliphatic heterocycles. The van der Waals surface area contributed by atoms with Crippen molar-refractivity contribution < 1.29 is 13.2 Å². The van der Waals surface area contributed by atoms with Gasteiger partial charge in [0.1, 0.15) is 0 Å². The average Bonchev–Trinajstić information content (AvgIpc) is 3.12. The van der Waals surface area contributed by atoms with Crippen LogP contribution in [0.15, 0.2) is 53.4 Å². The Balaban J connectivity index is 1.38. The lowest BCUT2D eigenvalue weighted by atomic mass is 10.1. The number of carbonyl (C=O) groups excluding carboxylic acids is 1. The third kappa shape index (κ3) is 4.85. The molecular weight excluding hydrogens is 348 g/mol. The fourth-order valence-electron chi connectivity index (χ4n) is 3.19. The van der Waals surface area contributed by atoms with Gasteiger partial charge in [-0.2, -0.15) is 0 Å². The molecule has 1 aliphatic rings. The summed E-state index contributed by atoms with van der Waals surface area (Å²) in [6.45, 7) is 0.795. The van der Waals surface area contributed by atoms with Crippen LogP contribution in [0, 0.1) is 0 Å². The number of sulfone groups is 1. The van der Waals surface area contributed by atoms with Crippen molar-refractivity contribution in [2.24, 2.45) is 0 Å². The van der Waals surface area contributed by atoms with E-state index in [0.717, 1.165) is 18.4 Å². The highest BCUT2D eigenvalue weighted by atomic mass is 32.2. The highest BCUT2D eigenvalue weighted by molar-refractivity contribution is 7.91. The number of nitrogens with one attached hydrogen (secondary N) is 2. The quantitative estimate of drug-likeness (QED) is 0.734. The van der Waals surface area contributed by atoms with E-state index in [2.05, 4.69) is 28.8 Å². The molecule has 2 N–H and O–H groups in total. The summed E-state index contributed by atoms with van der Waals surface area (Å²) in [6, 6.07) is 14.5. The molecule has 5 nitrogen and oxygen atoms in total. The van der Waals surface area contributed by atoms with Gasteiger partial charge in [-0.05, 0) is 54.5 Å². The summed E-state index contributed by atoms with van der Waals surface area (Å²) in [5, 5.41) is 5.53. The Morgan fingerprint density at radius 1 is 0.962 bits per heavy atom. The number of amides is 2. The normalized spacial score (nSPS) is 13.2. The van der Waals surface area contributed by atoms with E-state index in [1.807, 2.05) is 0 Å². The van der Waals surface area contributed by atoms with E-state index in [9.17, 15) is 13.2 Å². The predicted octanol–water partition coefficient (Wildman–Crippen LogP) is 2.84. The maximum absolute atomic E-state index is 12.2. The molecule has 2 amide bonds. The molecule has 0 spiro atoms. The van der Waals surface area contributed by atoms with Crippen LogP contribution in [-0.2, 0) is 29.2 Å². The fourth-order valence-corrected chi connectivity index (χ4v) is 4.52. The standard InChI is InChI=1S/C20H24N2O3S/c23-20(22-15-16-10-11-17-6-4-7-18(17)14-16)21-12-5-13-26(24,25)19-8-2-1-3-9-19/h1-3,8-11,14H,4-7,12-13,15H2,(H2,21,22,23). The summed E-state index contributed by atoms with van der Waals surface area (Å²) in [4.78, 5) is 12.2. The van der Waals surface area contributed by atoms with Crippen molar-refractivity contribution in [1.82, 2.24) is 10.6 Å². The van der Waals surface area contributed by atoms with Gasteiger partial charge in [-0.3, -0.25) is 0 Å². The van der Waals surface area contributed by atoms with Crippen LogP contribution in [-0.4, -0.2) is 26.7 Å². The van der Waals surface area contributed by atoms with Crippen molar-refractivity contribution >= 4 is 15.9 Å². The van der Waals surface area contributed by atoms with Crippen molar-refractivity contribution in [3.63, 3.8) is 0 Å². The Morgan fingerprint density at radius 3 is 2.54 bits per heavy atom. The van der Waals surface area contributed by atoms with Crippen LogP contribution in [0.25, 0.3) is 0 Å². The highest BCUT2D eigenvalue weighted by Gasteiger charge is 2.13. The molecule has 0 radical (unpaired) electrons. The molecule has 2 aromatic carbocycles. The summed E-state index contributed by atoms with van der Waals surface area (Å²) < 4.78 is 24.3. The number of fused-ring (bicyclic) bond motifs is 1. The fraction of sp³-hybridized carbons (Fsp3) is 0.350. The smallest absolute Gasteiger partial charge is 0.315 e. The monoisotopic (exact) mass is 372 g/mol. The first-order valence-electron chi connectivity index (χ1n) is 8.95. The van der Waals surface area contributed by atoms with Crippen LogP contribution in [0.2, 0.25) is 0 Å². The van der Waals surface area contributed by atoms with Gasteiger partial charge in [0, 0.05) is 13.1 Å². The number of urea groups is 1. The first-order valence-corrected chi connectivity index (χ1v) is 10.6. The number of hydrogen-bond donors (Lipinski definition) is 2. The maximum atomic E-state index is 12.2. The Labute approximate surface area is 154 Å². The van der Waals surface area contributed by atoms with E-state index in [1.54, 1.807) is 30.3 Å². The molecule has 2 aromatic rings. The molecule has 0 saturated carbocycles. The van der Waals surface area contributed by atoms with E-state index < -0.39 is 9.84 Å². The van der Waals surface area contributed by atoms with Gasteiger partial charge in [-0.25, -0.2) is 13.2 Å².